The first kappa shape index (κ1) is 19.7. The third kappa shape index (κ3) is 3.94. The molecule has 144 valence electrons. The number of amides is 1. The standard InChI is InChI=1S/C24H27N3O/c1-16-7-6-8-20(11-16)26-23(28)19(15-25)12-18-9-10-22-21(13-18)17(2)14-24(3,4)27(22)5/h6-13,17H,14H2,1-5H3,(H,26,28)/b19-12-/t17-/m1/s1. The van der Waals surface area contributed by atoms with Crippen LogP contribution in [0.1, 0.15) is 49.8 Å². The van der Waals surface area contributed by atoms with Crippen molar-refractivity contribution < 1.29 is 4.79 Å². The van der Waals surface area contributed by atoms with E-state index in [9.17, 15) is 10.1 Å². The molecule has 0 saturated heterocycles. The van der Waals surface area contributed by atoms with Gasteiger partial charge in [0.15, 0.2) is 0 Å². The molecule has 0 bridgehead atoms. The lowest BCUT2D eigenvalue weighted by molar-refractivity contribution is -0.112. The molecule has 3 rings (SSSR count). The summed E-state index contributed by atoms with van der Waals surface area (Å²) in [6.07, 6.45) is 2.72. The van der Waals surface area contributed by atoms with Crippen molar-refractivity contribution >= 4 is 23.4 Å². The van der Waals surface area contributed by atoms with Crippen molar-refractivity contribution in [1.29, 1.82) is 5.26 Å². The summed E-state index contributed by atoms with van der Waals surface area (Å²) in [5.41, 5.74) is 5.28. The Bertz CT molecular complexity index is 982. The van der Waals surface area contributed by atoms with Gasteiger partial charge in [-0.15, -0.1) is 0 Å². The van der Waals surface area contributed by atoms with E-state index in [0.717, 1.165) is 17.5 Å². The van der Waals surface area contributed by atoms with Gasteiger partial charge in [0.25, 0.3) is 5.91 Å². The molecule has 2 aromatic carbocycles. The third-order valence-corrected chi connectivity index (χ3v) is 5.61. The SMILES string of the molecule is Cc1cccc(NC(=O)/C(C#N)=C\c2ccc3c(c2)[C@H](C)CC(C)(C)N3C)c1. The molecule has 4 nitrogen and oxygen atoms in total. The summed E-state index contributed by atoms with van der Waals surface area (Å²) in [7, 11) is 2.12. The first-order valence-electron chi connectivity index (χ1n) is 9.59. The third-order valence-electron chi connectivity index (χ3n) is 5.61. The van der Waals surface area contributed by atoms with Gasteiger partial charge in [0.2, 0.25) is 0 Å². The lowest BCUT2D eigenvalue weighted by Gasteiger charge is -2.45. The zero-order chi connectivity index (χ0) is 20.5. The number of nitriles is 1. The lowest BCUT2D eigenvalue weighted by Crippen LogP contribution is -2.45. The van der Waals surface area contributed by atoms with E-state index in [-0.39, 0.29) is 11.1 Å². The van der Waals surface area contributed by atoms with Crippen molar-refractivity contribution in [1.82, 2.24) is 0 Å². The number of anilines is 2. The number of fused-ring (bicyclic) bond motifs is 1. The van der Waals surface area contributed by atoms with Crippen LogP contribution in [0.4, 0.5) is 11.4 Å². The maximum Gasteiger partial charge on any atom is 0.266 e. The van der Waals surface area contributed by atoms with E-state index in [1.54, 1.807) is 6.08 Å². The summed E-state index contributed by atoms with van der Waals surface area (Å²) in [5.74, 6) is 0.0262. The highest BCUT2D eigenvalue weighted by Gasteiger charge is 2.33. The van der Waals surface area contributed by atoms with Gasteiger partial charge < -0.3 is 10.2 Å². The molecule has 0 saturated carbocycles. The number of carbonyl (C=O) groups excluding carboxylic acids is 1. The average molecular weight is 374 g/mol. The van der Waals surface area contributed by atoms with E-state index in [2.05, 4.69) is 50.2 Å². The highest BCUT2D eigenvalue weighted by Crippen LogP contribution is 2.42. The van der Waals surface area contributed by atoms with Crippen molar-refractivity contribution in [3.63, 3.8) is 0 Å². The summed E-state index contributed by atoms with van der Waals surface area (Å²) >= 11 is 0. The fraction of sp³-hybridized carbons (Fsp3) is 0.333. The topological polar surface area (TPSA) is 56.1 Å². The van der Waals surface area contributed by atoms with Gasteiger partial charge in [0.1, 0.15) is 11.6 Å². The molecule has 0 fully saturated rings. The Kier molecular flexibility index (Phi) is 5.29. The summed E-state index contributed by atoms with van der Waals surface area (Å²) in [6.45, 7) is 8.70. The van der Waals surface area contributed by atoms with Gasteiger partial charge in [0, 0.05) is 24.0 Å². The van der Waals surface area contributed by atoms with Crippen molar-refractivity contribution in [2.24, 2.45) is 0 Å². The second-order valence-corrected chi connectivity index (χ2v) is 8.29. The van der Waals surface area contributed by atoms with Crippen LogP contribution in [-0.2, 0) is 4.79 Å². The number of nitrogens with zero attached hydrogens (tertiary/aromatic N) is 2. The van der Waals surface area contributed by atoms with E-state index in [4.69, 9.17) is 0 Å². The Morgan fingerprint density at radius 1 is 1.29 bits per heavy atom. The van der Waals surface area contributed by atoms with Crippen LogP contribution in [0.2, 0.25) is 0 Å². The van der Waals surface area contributed by atoms with E-state index < -0.39 is 5.91 Å². The molecular formula is C24H27N3O. The predicted octanol–water partition coefficient (Wildman–Crippen LogP) is 5.26. The Labute approximate surface area is 167 Å². The van der Waals surface area contributed by atoms with E-state index in [1.807, 2.05) is 43.3 Å². The predicted molar refractivity (Wildman–Crippen MR) is 115 cm³/mol. The van der Waals surface area contributed by atoms with Crippen LogP contribution < -0.4 is 10.2 Å². The molecule has 0 aromatic heterocycles. The highest BCUT2D eigenvalue weighted by atomic mass is 16.1. The van der Waals surface area contributed by atoms with Gasteiger partial charge in [0.05, 0.1) is 0 Å². The van der Waals surface area contributed by atoms with Crippen molar-refractivity contribution in [2.75, 3.05) is 17.3 Å². The van der Waals surface area contributed by atoms with Crippen LogP contribution in [0, 0.1) is 18.3 Å². The van der Waals surface area contributed by atoms with Crippen LogP contribution in [0.25, 0.3) is 6.08 Å². The lowest BCUT2D eigenvalue weighted by atomic mass is 9.80. The maximum absolute atomic E-state index is 12.5. The van der Waals surface area contributed by atoms with Crippen LogP contribution >= 0.6 is 0 Å². The summed E-state index contributed by atoms with van der Waals surface area (Å²) < 4.78 is 0. The van der Waals surface area contributed by atoms with Gasteiger partial charge in [-0.05, 0) is 80.1 Å². The molecule has 0 radical (unpaired) electrons. The monoisotopic (exact) mass is 373 g/mol. The maximum atomic E-state index is 12.5. The molecule has 0 spiro atoms. The van der Waals surface area contributed by atoms with Gasteiger partial charge in [-0.3, -0.25) is 4.79 Å². The van der Waals surface area contributed by atoms with Gasteiger partial charge in [-0.25, -0.2) is 0 Å². The van der Waals surface area contributed by atoms with Gasteiger partial charge in [-0.1, -0.05) is 25.1 Å². The number of hydrogen-bond acceptors (Lipinski definition) is 3. The molecule has 1 heterocycles. The fourth-order valence-corrected chi connectivity index (χ4v) is 3.92. The molecule has 1 aliphatic rings. The molecule has 1 amide bonds. The summed E-state index contributed by atoms with van der Waals surface area (Å²) in [5, 5.41) is 12.3. The second kappa shape index (κ2) is 7.52. The fourth-order valence-electron chi connectivity index (χ4n) is 3.92. The van der Waals surface area contributed by atoms with Crippen molar-refractivity contribution in [3.05, 3.63) is 64.7 Å². The van der Waals surface area contributed by atoms with Crippen molar-refractivity contribution in [2.45, 2.75) is 45.6 Å². The minimum absolute atomic E-state index is 0.0959. The molecule has 2 aromatic rings. The molecule has 1 aliphatic heterocycles. The summed E-state index contributed by atoms with van der Waals surface area (Å²) in [4.78, 5) is 14.9. The number of benzene rings is 2. The van der Waals surface area contributed by atoms with Gasteiger partial charge >= 0.3 is 0 Å². The Morgan fingerprint density at radius 3 is 2.71 bits per heavy atom. The Morgan fingerprint density at radius 2 is 2.04 bits per heavy atom. The minimum atomic E-state index is -0.392. The number of hydrogen-bond donors (Lipinski definition) is 1. The quantitative estimate of drug-likeness (QED) is 0.589. The van der Waals surface area contributed by atoms with Crippen LogP contribution in [0.5, 0.6) is 0 Å². The number of rotatable bonds is 3. The largest absolute Gasteiger partial charge is 0.369 e. The molecule has 1 N–H and O–H groups in total. The molecule has 1 atom stereocenters. The van der Waals surface area contributed by atoms with E-state index in [1.165, 1.54) is 11.3 Å². The molecule has 28 heavy (non-hydrogen) atoms. The van der Waals surface area contributed by atoms with Crippen LogP contribution in [-0.4, -0.2) is 18.5 Å². The molecule has 0 aliphatic carbocycles. The van der Waals surface area contributed by atoms with Crippen LogP contribution in [0.15, 0.2) is 48.0 Å². The Hall–Kier alpha value is -3.06. The smallest absolute Gasteiger partial charge is 0.266 e. The van der Waals surface area contributed by atoms with Gasteiger partial charge in [-0.2, -0.15) is 5.26 Å². The average Bonchev–Trinajstić information content (AvgIpc) is 2.64. The zero-order valence-corrected chi connectivity index (χ0v) is 17.2. The molecular weight excluding hydrogens is 346 g/mol. The summed E-state index contributed by atoms with van der Waals surface area (Å²) in [6, 6.07) is 15.7. The number of nitrogens with one attached hydrogen (secondary N) is 1. The second-order valence-electron chi connectivity index (χ2n) is 8.29. The number of carbonyl (C=O) groups is 1. The van der Waals surface area contributed by atoms with Crippen molar-refractivity contribution in [3.8, 4) is 6.07 Å². The van der Waals surface area contributed by atoms with Crippen LogP contribution in [0.3, 0.4) is 0 Å². The first-order valence-corrected chi connectivity index (χ1v) is 9.59. The minimum Gasteiger partial charge on any atom is -0.369 e. The van der Waals surface area contributed by atoms with E-state index >= 15 is 0 Å². The number of aryl methyl sites for hydroxylation is 1. The first-order chi connectivity index (χ1) is 13.2. The normalized spacial score (nSPS) is 18.2. The molecule has 4 heteroatoms. The highest BCUT2D eigenvalue weighted by molar-refractivity contribution is 6.09. The van der Waals surface area contributed by atoms with E-state index in [0.29, 0.717) is 11.6 Å². The Balaban J connectivity index is 1.88. The zero-order valence-electron chi connectivity index (χ0n) is 17.2. The molecule has 0 unspecified atom stereocenters.